The van der Waals surface area contributed by atoms with Gasteiger partial charge in [0.05, 0.1) is 15.6 Å². The molecule has 0 aliphatic rings. The highest BCUT2D eigenvalue weighted by molar-refractivity contribution is 7.90. The van der Waals surface area contributed by atoms with Crippen LogP contribution in [0, 0.1) is 0 Å². The second-order valence-electron chi connectivity index (χ2n) is 5.36. The Kier molecular flexibility index (Phi) is 4.63. The molecule has 0 fully saturated rings. The first-order valence-electron chi connectivity index (χ1n) is 7.06. The molecule has 0 aliphatic carbocycles. The Morgan fingerprint density at radius 1 is 0.875 bits per heavy atom. The second-order valence-corrected chi connectivity index (χ2v) is 8.25. The molecule has 3 rings (SSSR count). The lowest BCUT2D eigenvalue weighted by molar-refractivity contribution is 0.602. The van der Waals surface area contributed by atoms with Crippen LogP contribution < -0.4 is 0 Å². The van der Waals surface area contributed by atoms with E-state index in [-0.39, 0.29) is 4.90 Å². The van der Waals surface area contributed by atoms with Crippen LogP contribution in [0.4, 0.5) is 0 Å². The first-order valence-corrected chi connectivity index (χ1v) is 9.71. The molecular formula is C18H13Cl2NO2S. The molecule has 0 unspecified atom stereocenters. The van der Waals surface area contributed by atoms with Gasteiger partial charge in [-0.2, -0.15) is 0 Å². The minimum Gasteiger partial charge on any atom is -0.254 e. The third-order valence-corrected chi connectivity index (χ3v) is 5.11. The molecule has 0 atom stereocenters. The van der Waals surface area contributed by atoms with E-state index < -0.39 is 9.84 Å². The molecule has 2 aromatic carbocycles. The van der Waals surface area contributed by atoms with Crippen LogP contribution in [-0.2, 0) is 9.84 Å². The maximum Gasteiger partial charge on any atom is 0.175 e. The van der Waals surface area contributed by atoms with Crippen molar-refractivity contribution in [1.82, 2.24) is 4.98 Å². The molecule has 0 N–H and O–H groups in total. The van der Waals surface area contributed by atoms with E-state index in [1.54, 1.807) is 42.6 Å². The average molecular weight is 378 g/mol. The summed E-state index contributed by atoms with van der Waals surface area (Å²) in [6.07, 6.45) is 2.75. The lowest BCUT2D eigenvalue weighted by atomic mass is 9.99. The van der Waals surface area contributed by atoms with Crippen molar-refractivity contribution in [3.63, 3.8) is 0 Å². The number of benzene rings is 2. The predicted octanol–water partition coefficient (Wildman–Crippen LogP) is 5.13. The molecule has 6 heteroatoms. The van der Waals surface area contributed by atoms with Gasteiger partial charge in [-0.05, 0) is 35.9 Å². The van der Waals surface area contributed by atoms with E-state index in [1.165, 1.54) is 6.26 Å². The van der Waals surface area contributed by atoms with Crippen LogP contribution in [0.1, 0.15) is 0 Å². The fourth-order valence-electron chi connectivity index (χ4n) is 2.39. The number of pyridine rings is 1. The van der Waals surface area contributed by atoms with Crippen LogP contribution in [0.3, 0.4) is 0 Å². The molecule has 0 amide bonds. The van der Waals surface area contributed by atoms with E-state index in [9.17, 15) is 8.42 Å². The standard InChI is InChI=1S/C18H13Cl2NO2S/c1-24(22,23)16-4-2-3-13(9-16)17-10-15(20)11-21-18(17)12-5-7-14(19)8-6-12/h2-11H,1H3. The topological polar surface area (TPSA) is 47.0 Å². The Morgan fingerprint density at radius 3 is 2.25 bits per heavy atom. The van der Waals surface area contributed by atoms with E-state index in [2.05, 4.69) is 4.98 Å². The summed E-state index contributed by atoms with van der Waals surface area (Å²) in [7, 11) is -3.30. The number of aromatic nitrogens is 1. The Labute approximate surface area is 150 Å². The highest BCUT2D eigenvalue weighted by Crippen LogP contribution is 2.33. The number of halogens is 2. The van der Waals surface area contributed by atoms with Crippen LogP contribution in [-0.4, -0.2) is 19.7 Å². The third-order valence-electron chi connectivity index (χ3n) is 3.55. The van der Waals surface area contributed by atoms with Crippen molar-refractivity contribution >= 4 is 33.0 Å². The molecule has 0 spiro atoms. The third kappa shape index (κ3) is 3.61. The van der Waals surface area contributed by atoms with Gasteiger partial charge >= 0.3 is 0 Å². The molecule has 122 valence electrons. The van der Waals surface area contributed by atoms with Crippen LogP contribution in [0.15, 0.2) is 65.7 Å². The van der Waals surface area contributed by atoms with Gasteiger partial charge in [-0.25, -0.2) is 8.42 Å². The van der Waals surface area contributed by atoms with E-state index in [4.69, 9.17) is 23.2 Å². The fraction of sp³-hybridized carbons (Fsp3) is 0.0556. The summed E-state index contributed by atoms with van der Waals surface area (Å²) in [6.45, 7) is 0. The van der Waals surface area contributed by atoms with E-state index in [1.807, 2.05) is 18.2 Å². The SMILES string of the molecule is CS(=O)(=O)c1cccc(-c2cc(Cl)cnc2-c2ccc(Cl)cc2)c1. The van der Waals surface area contributed by atoms with Crippen LogP contribution in [0.2, 0.25) is 10.0 Å². The molecule has 0 saturated heterocycles. The van der Waals surface area contributed by atoms with Gasteiger partial charge in [0.1, 0.15) is 0 Å². The quantitative estimate of drug-likeness (QED) is 0.635. The van der Waals surface area contributed by atoms with Crippen LogP contribution in [0.5, 0.6) is 0 Å². The monoisotopic (exact) mass is 377 g/mol. The summed E-state index contributed by atoms with van der Waals surface area (Å²) in [5.41, 5.74) is 3.07. The number of hydrogen-bond acceptors (Lipinski definition) is 3. The van der Waals surface area contributed by atoms with Crippen molar-refractivity contribution in [3.8, 4) is 22.4 Å². The largest absolute Gasteiger partial charge is 0.254 e. The Morgan fingerprint density at radius 2 is 1.58 bits per heavy atom. The second kappa shape index (κ2) is 6.55. The van der Waals surface area contributed by atoms with Gasteiger partial charge in [0, 0.05) is 28.6 Å². The normalized spacial score (nSPS) is 11.5. The number of sulfone groups is 1. The molecule has 1 heterocycles. The van der Waals surface area contributed by atoms with Crippen molar-refractivity contribution in [3.05, 3.63) is 70.8 Å². The maximum absolute atomic E-state index is 11.8. The predicted molar refractivity (Wildman–Crippen MR) is 98.2 cm³/mol. The lowest BCUT2D eigenvalue weighted by Crippen LogP contribution is -1.97. The van der Waals surface area contributed by atoms with Crippen molar-refractivity contribution in [2.75, 3.05) is 6.26 Å². The van der Waals surface area contributed by atoms with E-state index in [0.717, 1.165) is 16.7 Å². The maximum atomic E-state index is 11.8. The molecule has 0 bridgehead atoms. The zero-order valence-corrected chi connectivity index (χ0v) is 15.0. The highest BCUT2D eigenvalue weighted by Gasteiger charge is 2.13. The number of rotatable bonds is 3. The molecule has 24 heavy (non-hydrogen) atoms. The van der Waals surface area contributed by atoms with Gasteiger partial charge in [0.15, 0.2) is 9.84 Å². The summed E-state index contributed by atoms with van der Waals surface area (Å²) < 4.78 is 23.6. The molecule has 0 saturated carbocycles. The van der Waals surface area contributed by atoms with Gasteiger partial charge in [-0.15, -0.1) is 0 Å². The zero-order valence-electron chi connectivity index (χ0n) is 12.7. The van der Waals surface area contributed by atoms with Crippen molar-refractivity contribution in [2.24, 2.45) is 0 Å². The Bertz CT molecular complexity index is 1000. The minimum atomic E-state index is -3.30. The van der Waals surface area contributed by atoms with E-state index >= 15 is 0 Å². The fourth-order valence-corrected chi connectivity index (χ4v) is 3.34. The number of nitrogens with zero attached hydrogens (tertiary/aromatic N) is 1. The summed E-state index contributed by atoms with van der Waals surface area (Å²) in [6, 6.07) is 15.8. The highest BCUT2D eigenvalue weighted by atomic mass is 35.5. The molecule has 1 aromatic heterocycles. The smallest absolute Gasteiger partial charge is 0.175 e. The summed E-state index contributed by atoms with van der Waals surface area (Å²) in [5, 5.41) is 1.11. The van der Waals surface area contributed by atoms with Gasteiger partial charge in [0.25, 0.3) is 0 Å². The van der Waals surface area contributed by atoms with Gasteiger partial charge in [-0.3, -0.25) is 4.98 Å². The lowest BCUT2D eigenvalue weighted by Gasteiger charge is -2.11. The van der Waals surface area contributed by atoms with Crippen molar-refractivity contribution in [1.29, 1.82) is 0 Å². The molecular weight excluding hydrogens is 365 g/mol. The first kappa shape index (κ1) is 17.0. The Balaban J connectivity index is 2.21. The van der Waals surface area contributed by atoms with Crippen LogP contribution in [0.25, 0.3) is 22.4 Å². The Hall–Kier alpha value is -1.88. The van der Waals surface area contributed by atoms with Crippen LogP contribution >= 0.6 is 23.2 Å². The summed E-state index contributed by atoms with van der Waals surface area (Å²) >= 11 is 12.1. The molecule has 0 radical (unpaired) electrons. The summed E-state index contributed by atoms with van der Waals surface area (Å²) in [4.78, 5) is 4.67. The van der Waals surface area contributed by atoms with E-state index in [0.29, 0.717) is 15.7 Å². The first-order chi connectivity index (χ1) is 11.3. The number of hydrogen-bond donors (Lipinski definition) is 0. The molecule has 0 aliphatic heterocycles. The van der Waals surface area contributed by atoms with Crippen molar-refractivity contribution in [2.45, 2.75) is 4.90 Å². The molecule has 3 aromatic rings. The summed E-state index contributed by atoms with van der Waals surface area (Å²) in [5.74, 6) is 0. The molecule has 3 nitrogen and oxygen atoms in total. The van der Waals surface area contributed by atoms with Gasteiger partial charge in [-0.1, -0.05) is 47.5 Å². The zero-order chi connectivity index (χ0) is 17.3. The van der Waals surface area contributed by atoms with Gasteiger partial charge in [0.2, 0.25) is 0 Å². The minimum absolute atomic E-state index is 0.252. The van der Waals surface area contributed by atoms with Crippen molar-refractivity contribution < 1.29 is 8.42 Å². The average Bonchev–Trinajstić information content (AvgIpc) is 2.55. The van der Waals surface area contributed by atoms with Gasteiger partial charge < -0.3 is 0 Å².